The van der Waals surface area contributed by atoms with Gasteiger partial charge in [-0.1, -0.05) is 11.6 Å². The number of carbonyl (C=O) groups excluding carboxylic acids is 2. The van der Waals surface area contributed by atoms with E-state index in [2.05, 4.69) is 5.32 Å². The highest BCUT2D eigenvalue weighted by molar-refractivity contribution is 6.30. The highest BCUT2D eigenvalue weighted by Crippen LogP contribution is 2.21. The van der Waals surface area contributed by atoms with Crippen molar-refractivity contribution in [2.75, 3.05) is 25.1 Å². The second kappa shape index (κ2) is 10.7. The van der Waals surface area contributed by atoms with E-state index in [1.165, 1.54) is 0 Å². The first kappa shape index (κ1) is 21.7. The van der Waals surface area contributed by atoms with Crippen LogP contribution in [-0.4, -0.2) is 37.8 Å². The summed E-state index contributed by atoms with van der Waals surface area (Å²) in [4.78, 5) is 24.3. The molecule has 0 aliphatic rings. The van der Waals surface area contributed by atoms with Gasteiger partial charge in [-0.05, 0) is 68.8 Å². The molecule has 0 fully saturated rings. The molecule has 7 heteroatoms. The predicted molar refractivity (Wildman–Crippen MR) is 108 cm³/mol. The lowest BCUT2D eigenvalue weighted by atomic mass is 10.1. The van der Waals surface area contributed by atoms with Gasteiger partial charge < -0.3 is 19.5 Å². The smallest absolute Gasteiger partial charge is 0.347 e. The van der Waals surface area contributed by atoms with Crippen molar-refractivity contribution < 1.29 is 23.8 Å². The molecule has 0 aromatic heterocycles. The Bertz CT molecular complexity index is 807. The molecule has 0 aliphatic heterocycles. The van der Waals surface area contributed by atoms with Crippen molar-refractivity contribution in [1.82, 2.24) is 0 Å². The van der Waals surface area contributed by atoms with Crippen LogP contribution in [0.25, 0.3) is 0 Å². The molecule has 0 spiro atoms. The molecular weight excluding hydrogens is 382 g/mol. The van der Waals surface area contributed by atoms with Gasteiger partial charge in [0, 0.05) is 22.9 Å². The van der Waals surface area contributed by atoms with E-state index in [0.29, 0.717) is 35.2 Å². The molecular formula is C21H24ClNO5. The van der Waals surface area contributed by atoms with Crippen LogP contribution in [0.4, 0.5) is 5.69 Å². The molecule has 6 nitrogen and oxygen atoms in total. The number of ether oxygens (including phenoxy) is 3. The molecule has 0 unspecified atom stereocenters. The lowest BCUT2D eigenvalue weighted by Gasteiger charge is -2.14. The minimum absolute atomic E-state index is 0.184. The third-order valence-electron chi connectivity index (χ3n) is 3.87. The van der Waals surface area contributed by atoms with Crippen molar-refractivity contribution >= 4 is 29.2 Å². The van der Waals surface area contributed by atoms with Gasteiger partial charge in [0.15, 0.2) is 6.10 Å². The summed E-state index contributed by atoms with van der Waals surface area (Å²) < 4.78 is 15.7. The summed E-state index contributed by atoms with van der Waals surface area (Å²) in [5.41, 5.74) is 2.03. The fourth-order valence-electron chi connectivity index (χ4n) is 2.36. The first-order chi connectivity index (χ1) is 13.4. The fraction of sp³-hybridized carbons (Fsp3) is 0.333. The van der Waals surface area contributed by atoms with E-state index in [4.69, 9.17) is 25.8 Å². The highest BCUT2D eigenvalue weighted by atomic mass is 35.5. The summed E-state index contributed by atoms with van der Waals surface area (Å²) in [6.45, 7) is 6.45. The maximum atomic E-state index is 12.4. The van der Waals surface area contributed by atoms with E-state index in [0.717, 1.165) is 5.56 Å². The molecule has 0 aliphatic carbocycles. The Morgan fingerprint density at radius 3 is 2.46 bits per heavy atom. The van der Waals surface area contributed by atoms with Crippen LogP contribution in [0.2, 0.25) is 5.02 Å². The van der Waals surface area contributed by atoms with E-state index >= 15 is 0 Å². The van der Waals surface area contributed by atoms with Crippen LogP contribution >= 0.6 is 11.6 Å². The van der Waals surface area contributed by atoms with Crippen LogP contribution < -0.4 is 10.1 Å². The first-order valence-corrected chi connectivity index (χ1v) is 9.37. The van der Waals surface area contributed by atoms with Crippen molar-refractivity contribution in [1.29, 1.82) is 0 Å². The average molecular weight is 406 g/mol. The van der Waals surface area contributed by atoms with Gasteiger partial charge in [0.25, 0.3) is 5.91 Å². The lowest BCUT2D eigenvalue weighted by Crippen LogP contribution is -2.27. The standard InChI is InChI=1S/C21H24ClNO5/c1-4-26-11-12-27-21(25)15(3)28-18-8-5-16(6-9-18)20(24)23-19-10-7-17(22)13-14(19)2/h5-10,13,15H,4,11-12H2,1-3H3,(H,23,24)/t15-/m0/s1. The van der Waals surface area contributed by atoms with Crippen LogP contribution in [0.1, 0.15) is 29.8 Å². The second-order valence-corrected chi connectivity index (χ2v) is 6.50. The Labute approximate surface area is 169 Å². The molecule has 150 valence electrons. The van der Waals surface area contributed by atoms with Gasteiger partial charge in [-0.25, -0.2) is 4.79 Å². The van der Waals surface area contributed by atoms with E-state index < -0.39 is 12.1 Å². The molecule has 1 amide bonds. The van der Waals surface area contributed by atoms with E-state index in [1.54, 1.807) is 49.4 Å². The summed E-state index contributed by atoms with van der Waals surface area (Å²) in [5.74, 6) is -0.256. The van der Waals surface area contributed by atoms with Gasteiger partial charge in [0.2, 0.25) is 0 Å². The number of amides is 1. The van der Waals surface area contributed by atoms with Crippen LogP contribution in [0.5, 0.6) is 5.75 Å². The number of halogens is 1. The Kier molecular flexibility index (Phi) is 8.29. The third-order valence-corrected chi connectivity index (χ3v) is 4.11. The molecule has 0 radical (unpaired) electrons. The average Bonchev–Trinajstić information content (AvgIpc) is 2.67. The maximum Gasteiger partial charge on any atom is 0.347 e. The van der Waals surface area contributed by atoms with Gasteiger partial charge >= 0.3 is 5.97 Å². The largest absolute Gasteiger partial charge is 0.479 e. The number of nitrogens with one attached hydrogen (secondary N) is 1. The van der Waals surface area contributed by atoms with Crippen LogP contribution in [0.3, 0.4) is 0 Å². The Morgan fingerprint density at radius 2 is 1.82 bits per heavy atom. The summed E-state index contributed by atoms with van der Waals surface area (Å²) in [7, 11) is 0. The minimum Gasteiger partial charge on any atom is -0.479 e. The zero-order valence-electron chi connectivity index (χ0n) is 16.2. The van der Waals surface area contributed by atoms with Gasteiger partial charge in [-0.2, -0.15) is 0 Å². The SMILES string of the molecule is CCOCCOC(=O)[C@H](C)Oc1ccc(C(=O)Nc2ccc(Cl)cc2C)cc1. The number of benzene rings is 2. The summed E-state index contributed by atoms with van der Waals surface area (Å²) >= 11 is 5.93. The van der Waals surface area contributed by atoms with E-state index in [1.807, 2.05) is 13.8 Å². The molecule has 0 saturated heterocycles. The van der Waals surface area contributed by atoms with Gasteiger partial charge in [0.05, 0.1) is 6.61 Å². The summed E-state index contributed by atoms with van der Waals surface area (Å²) in [6, 6.07) is 11.8. The molecule has 0 heterocycles. The number of hydrogen-bond acceptors (Lipinski definition) is 5. The van der Waals surface area contributed by atoms with E-state index in [-0.39, 0.29) is 12.5 Å². The Balaban J connectivity index is 1.89. The quantitative estimate of drug-likeness (QED) is 0.498. The number of hydrogen-bond donors (Lipinski definition) is 1. The lowest BCUT2D eigenvalue weighted by molar-refractivity contribution is -0.152. The number of anilines is 1. The van der Waals surface area contributed by atoms with Crippen molar-refractivity contribution in [3.8, 4) is 5.75 Å². The zero-order valence-corrected chi connectivity index (χ0v) is 16.9. The number of rotatable bonds is 9. The van der Waals surface area contributed by atoms with Crippen molar-refractivity contribution in [3.63, 3.8) is 0 Å². The van der Waals surface area contributed by atoms with Crippen LogP contribution in [0, 0.1) is 6.92 Å². The first-order valence-electron chi connectivity index (χ1n) is 8.99. The van der Waals surface area contributed by atoms with Crippen LogP contribution in [0.15, 0.2) is 42.5 Å². The fourth-order valence-corrected chi connectivity index (χ4v) is 2.59. The van der Waals surface area contributed by atoms with E-state index in [9.17, 15) is 9.59 Å². The Morgan fingerprint density at radius 1 is 1.11 bits per heavy atom. The number of carbonyl (C=O) groups is 2. The minimum atomic E-state index is -0.766. The number of esters is 1. The second-order valence-electron chi connectivity index (χ2n) is 6.06. The topological polar surface area (TPSA) is 73.9 Å². The molecule has 1 atom stereocenters. The Hall–Kier alpha value is -2.57. The molecule has 2 aromatic carbocycles. The third kappa shape index (κ3) is 6.55. The van der Waals surface area contributed by atoms with Gasteiger partial charge in [-0.3, -0.25) is 4.79 Å². The highest BCUT2D eigenvalue weighted by Gasteiger charge is 2.16. The zero-order chi connectivity index (χ0) is 20.5. The van der Waals surface area contributed by atoms with Crippen molar-refractivity contribution in [2.24, 2.45) is 0 Å². The normalized spacial score (nSPS) is 11.6. The monoisotopic (exact) mass is 405 g/mol. The summed E-state index contributed by atoms with van der Waals surface area (Å²) in [6.07, 6.45) is -0.766. The molecule has 2 aromatic rings. The number of aryl methyl sites for hydroxylation is 1. The van der Waals surface area contributed by atoms with Crippen molar-refractivity contribution in [3.05, 3.63) is 58.6 Å². The summed E-state index contributed by atoms with van der Waals surface area (Å²) in [5, 5.41) is 3.45. The van der Waals surface area contributed by atoms with Crippen molar-refractivity contribution in [2.45, 2.75) is 26.9 Å². The predicted octanol–water partition coefficient (Wildman–Crippen LogP) is 4.25. The molecule has 2 rings (SSSR count). The van der Waals surface area contributed by atoms with Gasteiger partial charge in [-0.15, -0.1) is 0 Å². The molecule has 0 bridgehead atoms. The molecule has 1 N–H and O–H groups in total. The van der Waals surface area contributed by atoms with Gasteiger partial charge in [0.1, 0.15) is 12.4 Å². The molecule has 0 saturated carbocycles. The maximum absolute atomic E-state index is 12.4. The molecule has 28 heavy (non-hydrogen) atoms. The van der Waals surface area contributed by atoms with Crippen LogP contribution in [-0.2, 0) is 14.3 Å².